The molecule has 1 nitrogen and oxygen atoms in total. The van der Waals surface area contributed by atoms with Gasteiger partial charge in [-0.15, -0.1) is 11.8 Å². The summed E-state index contributed by atoms with van der Waals surface area (Å²) >= 11 is 1.51. The maximum absolute atomic E-state index is 11.1. The van der Waals surface area contributed by atoms with Gasteiger partial charge >= 0.3 is 0 Å². The van der Waals surface area contributed by atoms with Crippen molar-refractivity contribution in [2.45, 2.75) is 11.8 Å². The summed E-state index contributed by atoms with van der Waals surface area (Å²) in [7, 11) is 0. The molecule has 0 spiro atoms. The van der Waals surface area contributed by atoms with Crippen LogP contribution < -0.4 is 0 Å². The summed E-state index contributed by atoms with van der Waals surface area (Å²) in [6, 6.07) is 5.34. The molecule has 0 N–H and O–H groups in total. The van der Waals surface area contributed by atoms with Gasteiger partial charge < -0.3 is 0 Å². The maximum atomic E-state index is 11.1. The summed E-state index contributed by atoms with van der Waals surface area (Å²) in [6.07, 6.45) is 1.92. The van der Waals surface area contributed by atoms with Crippen molar-refractivity contribution in [3.8, 4) is 5.75 Å². The molecule has 0 bridgehead atoms. The second kappa shape index (κ2) is 2.97. The molecule has 0 aliphatic carbocycles. The summed E-state index contributed by atoms with van der Waals surface area (Å²) < 4.78 is 0. The first kappa shape index (κ1) is 7.48. The molecule has 0 aliphatic rings. The molecular formula is C8H9OS. The summed E-state index contributed by atoms with van der Waals surface area (Å²) in [5.74, 6) is 0.132. The van der Waals surface area contributed by atoms with Crippen molar-refractivity contribution in [3.05, 3.63) is 23.8 Å². The molecule has 0 saturated heterocycles. The highest BCUT2D eigenvalue weighted by Gasteiger charge is 2.02. The first-order chi connectivity index (χ1) is 4.75. The number of rotatable bonds is 1. The predicted molar refractivity (Wildman–Crippen MR) is 43.1 cm³/mol. The van der Waals surface area contributed by atoms with Crippen LogP contribution in [0.1, 0.15) is 5.56 Å². The monoisotopic (exact) mass is 153 g/mol. The Bertz CT molecular complexity index is 212. The standard InChI is InChI=1S/C8H9OS/c1-6-4-3-5-7(9)8(6)10-2/h3-5H,1-2H3. The van der Waals surface area contributed by atoms with E-state index in [4.69, 9.17) is 0 Å². The highest BCUT2D eigenvalue weighted by atomic mass is 32.2. The van der Waals surface area contributed by atoms with Gasteiger partial charge in [0.2, 0.25) is 0 Å². The zero-order chi connectivity index (χ0) is 7.56. The SMILES string of the molecule is CSc1c(C)cccc1[O]. The van der Waals surface area contributed by atoms with Gasteiger partial charge in [-0.2, -0.15) is 0 Å². The van der Waals surface area contributed by atoms with Crippen LogP contribution in [0.5, 0.6) is 5.75 Å². The van der Waals surface area contributed by atoms with Crippen molar-refractivity contribution < 1.29 is 5.11 Å². The third kappa shape index (κ3) is 1.27. The van der Waals surface area contributed by atoms with Crippen LogP contribution in [0.15, 0.2) is 23.1 Å². The van der Waals surface area contributed by atoms with E-state index in [1.54, 1.807) is 12.1 Å². The van der Waals surface area contributed by atoms with Crippen molar-refractivity contribution in [2.24, 2.45) is 0 Å². The minimum atomic E-state index is 0.132. The Morgan fingerprint density at radius 3 is 2.50 bits per heavy atom. The van der Waals surface area contributed by atoms with Crippen LogP contribution in [-0.4, -0.2) is 6.26 Å². The lowest BCUT2D eigenvalue weighted by molar-refractivity contribution is 0.344. The lowest BCUT2D eigenvalue weighted by atomic mass is 10.2. The smallest absolute Gasteiger partial charge is 0.192 e. The van der Waals surface area contributed by atoms with Crippen molar-refractivity contribution in [3.63, 3.8) is 0 Å². The van der Waals surface area contributed by atoms with Gasteiger partial charge in [-0.1, -0.05) is 12.1 Å². The van der Waals surface area contributed by atoms with Crippen molar-refractivity contribution in [2.75, 3.05) is 6.26 Å². The highest BCUT2D eigenvalue weighted by molar-refractivity contribution is 7.98. The number of aryl methyl sites for hydroxylation is 1. The van der Waals surface area contributed by atoms with Gasteiger partial charge in [0.15, 0.2) is 5.75 Å². The Kier molecular flexibility index (Phi) is 2.22. The fraction of sp³-hybridized carbons (Fsp3) is 0.250. The van der Waals surface area contributed by atoms with Gasteiger partial charge in [0.1, 0.15) is 0 Å². The number of benzene rings is 1. The molecule has 2 heteroatoms. The number of hydrogen-bond acceptors (Lipinski definition) is 1. The Labute approximate surface area is 65.1 Å². The van der Waals surface area contributed by atoms with Gasteiger partial charge in [-0.05, 0) is 24.8 Å². The van der Waals surface area contributed by atoms with Gasteiger partial charge in [0.25, 0.3) is 0 Å². The fourth-order valence-electron chi connectivity index (χ4n) is 0.887. The van der Waals surface area contributed by atoms with E-state index in [9.17, 15) is 5.11 Å². The van der Waals surface area contributed by atoms with E-state index < -0.39 is 0 Å². The zero-order valence-electron chi connectivity index (χ0n) is 6.05. The molecule has 1 radical (unpaired) electrons. The molecule has 0 heterocycles. The molecule has 0 aromatic heterocycles. The Morgan fingerprint density at radius 1 is 1.40 bits per heavy atom. The second-order valence-corrected chi connectivity index (χ2v) is 2.92. The largest absolute Gasteiger partial charge is 0.289 e. The molecule has 1 aromatic carbocycles. The molecule has 0 aliphatic heterocycles. The zero-order valence-corrected chi connectivity index (χ0v) is 6.87. The first-order valence-corrected chi connectivity index (χ1v) is 4.29. The molecule has 0 saturated carbocycles. The van der Waals surface area contributed by atoms with Crippen molar-refractivity contribution in [1.82, 2.24) is 0 Å². The first-order valence-electron chi connectivity index (χ1n) is 3.06. The molecule has 0 amide bonds. The highest BCUT2D eigenvalue weighted by Crippen LogP contribution is 2.29. The van der Waals surface area contributed by atoms with E-state index in [0.717, 1.165) is 10.5 Å². The Hall–Kier alpha value is -0.630. The van der Waals surface area contributed by atoms with Gasteiger partial charge in [-0.3, -0.25) is 5.11 Å². The summed E-state index contributed by atoms with van der Waals surface area (Å²) in [6.45, 7) is 1.95. The summed E-state index contributed by atoms with van der Waals surface area (Å²) in [4.78, 5) is 0.863. The van der Waals surface area contributed by atoms with Crippen molar-refractivity contribution in [1.29, 1.82) is 0 Å². The third-order valence-corrected chi connectivity index (χ3v) is 2.31. The molecule has 1 aromatic rings. The Morgan fingerprint density at radius 2 is 2.10 bits per heavy atom. The van der Waals surface area contributed by atoms with E-state index >= 15 is 0 Å². The van der Waals surface area contributed by atoms with Crippen LogP contribution in [0.3, 0.4) is 0 Å². The lowest BCUT2D eigenvalue weighted by Gasteiger charge is -2.00. The summed E-state index contributed by atoms with van der Waals surface area (Å²) in [5.41, 5.74) is 1.07. The van der Waals surface area contributed by atoms with Gasteiger partial charge in [0.05, 0.1) is 4.90 Å². The number of hydrogen-bond donors (Lipinski definition) is 0. The quantitative estimate of drug-likeness (QED) is 0.568. The molecular weight excluding hydrogens is 144 g/mol. The van der Waals surface area contributed by atoms with E-state index in [1.165, 1.54) is 11.8 Å². The van der Waals surface area contributed by atoms with E-state index in [2.05, 4.69) is 0 Å². The van der Waals surface area contributed by atoms with Crippen LogP contribution >= 0.6 is 11.8 Å². The average Bonchev–Trinajstić information content (AvgIpc) is 1.88. The molecule has 1 rings (SSSR count). The average molecular weight is 153 g/mol. The minimum Gasteiger partial charge on any atom is -0.289 e. The molecule has 0 fully saturated rings. The molecule has 10 heavy (non-hydrogen) atoms. The Balaban J connectivity index is 3.17. The fourth-order valence-corrected chi connectivity index (χ4v) is 1.55. The normalized spacial score (nSPS) is 9.80. The minimum absolute atomic E-state index is 0.132. The van der Waals surface area contributed by atoms with Gasteiger partial charge in [0, 0.05) is 0 Å². The van der Waals surface area contributed by atoms with E-state index in [0.29, 0.717) is 0 Å². The molecule has 53 valence electrons. The summed E-state index contributed by atoms with van der Waals surface area (Å²) in [5, 5.41) is 11.1. The van der Waals surface area contributed by atoms with Crippen LogP contribution in [0, 0.1) is 6.92 Å². The van der Waals surface area contributed by atoms with Crippen LogP contribution in [0.2, 0.25) is 0 Å². The lowest BCUT2D eigenvalue weighted by Crippen LogP contribution is -1.76. The van der Waals surface area contributed by atoms with Crippen LogP contribution in [-0.2, 0) is 5.11 Å². The third-order valence-electron chi connectivity index (χ3n) is 1.38. The van der Waals surface area contributed by atoms with Crippen LogP contribution in [0.4, 0.5) is 0 Å². The van der Waals surface area contributed by atoms with Gasteiger partial charge in [-0.25, -0.2) is 0 Å². The van der Waals surface area contributed by atoms with Crippen LogP contribution in [0.25, 0.3) is 0 Å². The molecule has 0 atom stereocenters. The van der Waals surface area contributed by atoms with Crippen molar-refractivity contribution >= 4 is 11.8 Å². The second-order valence-electron chi connectivity index (χ2n) is 2.11. The van der Waals surface area contributed by atoms with E-state index in [1.807, 2.05) is 19.2 Å². The maximum Gasteiger partial charge on any atom is 0.192 e. The van der Waals surface area contributed by atoms with E-state index in [-0.39, 0.29) is 5.75 Å². The number of thioether (sulfide) groups is 1. The molecule has 0 unspecified atom stereocenters. The predicted octanol–water partition coefficient (Wildman–Crippen LogP) is 2.86. The topological polar surface area (TPSA) is 19.9 Å².